The van der Waals surface area contributed by atoms with Crippen molar-refractivity contribution in [2.45, 2.75) is 19.8 Å². The van der Waals surface area contributed by atoms with E-state index in [1.165, 1.54) is 22.9 Å². The van der Waals surface area contributed by atoms with Crippen LogP contribution in [0.15, 0.2) is 18.2 Å². The minimum atomic E-state index is -1.21. The molecule has 1 aromatic heterocycles. The Balaban J connectivity index is 2.59. The quantitative estimate of drug-likeness (QED) is 0.940. The normalized spacial score (nSPS) is 11.0. The van der Waals surface area contributed by atoms with Gasteiger partial charge in [0, 0.05) is 5.92 Å². The van der Waals surface area contributed by atoms with Crippen molar-refractivity contribution < 1.29 is 14.3 Å². The summed E-state index contributed by atoms with van der Waals surface area (Å²) in [4.78, 5) is 14.9. The molecule has 5 nitrogen and oxygen atoms in total. The second-order valence-corrected chi connectivity index (χ2v) is 4.67. The van der Waals surface area contributed by atoms with Crippen molar-refractivity contribution in [1.82, 2.24) is 14.8 Å². The molecule has 0 saturated heterocycles. The molecule has 1 N–H and O–H groups in total. The first-order valence-corrected chi connectivity index (χ1v) is 5.93. The van der Waals surface area contributed by atoms with Gasteiger partial charge < -0.3 is 5.11 Å². The van der Waals surface area contributed by atoms with E-state index >= 15 is 0 Å². The molecule has 0 atom stereocenters. The highest BCUT2D eigenvalue weighted by molar-refractivity contribution is 6.30. The van der Waals surface area contributed by atoms with Crippen molar-refractivity contribution in [2.24, 2.45) is 0 Å². The minimum Gasteiger partial charge on any atom is -0.475 e. The van der Waals surface area contributed by atoms with E-state index < -0.39 is 11.8 Å². The lowest BCUT2D eigenvalue weighted by molar-refractivity contribution is 0.0683. The van der Waals surface area contributed by atoms with Crippen molar-refractivity contribution in [3.05, 3.63) is 40.7 Å². The van der Waals surface area contributed by atoms with E-state index in [2.05, 4.69) is 10.1 Å². The molecule has 0 bridgehead atoms. The standard InChI is InChI=1S/C12H11ClFN3O2/c1-6(2)11-15-10(12(18)19)16-17(11)7-3-4-9(14)8(13)5-7/h3-6H,1-2H3,(H,18,19). The lowest BCUT2D eigenvalue weighted by Crippen LogP contribution is -2.05. The summed E-state index contributed by atoms with van der Waals surface area (Å²) in [5.41, 5.74) is 0.468. The summed E-state index contributed by atoms with van der Waals surface area (Å²) in [7, 11) is 0. The molecule has 0 spiro atoms. The Labute approximate surface area is 113 Å². The highest BCUT2D eigenvalue weighted by Crippen LogP contribution is 2.22. The van der Waals surface area contributed by atoms with Crippen LogP contribution in [0.25, 0.3) is 5.69 Å². The van der Waals surface area contributed by atoms with Gasteiger partial charge in [-0.1, -0.05) is 25.4 Å². The molecule has 0 aliphatic carbocycles. The molecule has 0 aliphatic heterocycles. The second-order valence-electron chi connectivity index (χ2n) is 4.26. The topological polar surface area (TPSA) is 68.0 Å². The minimum absolute atomic E-state index is 0.0376. The van der Waals surface area contributed by atoms with Crippen molar-refractivity contribution >= 4 is 17.6 Å². The molecule has 0 fully saturated rings. The average Bonchev–Trinajstić information content (AvgIpc) is 2.78. The fraction of sp³-hybridized carbons (Fsp3) is 0.250. The molecule has 0 amide bonds. The zero-order valence-corrected chi connectivity index (χ0v) is 11.0. The molecular weight excluding hydrogens is 273 g/mol. The zero-order valence-electron chi connectivity index (χ0n) is 10.3. The summed E-state index contributed by atoms with van der Waals surface area (Å²) >= 11 is 5.71. The number of hydrogen-bond acceptors (Lipinski definition) is 3. The van der Waals surface area contributed by atoms with E-state index in [4.69, 9.17) is 16.7 Å². The van der Waals surface area contributed by atoms with Crippen LogP contribution in [0.1, 0.15) is 36.2 Å². The molecule has 19 heavy (non-hydrogen) atoms. The third-order valence-electron chi connectivity index (χ3n) is 2.49. The van der Waals surface area contributed by atoms with Crippen molar-refractivity contribution in [3.63, 3.8) is 0 Å². The van der Waals surface area contributed by atoms with Crippen LogP contribution in [0.4, 0.5) is 4.39 Å². The molecule has 0 saturated carbocycles. The van der Waals surface area contributed by atoms with Crippen molar-refractivity contribution in [2.75, 3.05) is 0 Å². The van der Waals surface area contributed by atoms with Gasteiger partial charge in [0.15, 0.2) is 0 Å². The van der Waals surface area contributed by atoms with Gasteiger partial charge in [0.25, 0.3) is 5.82 Å². The Kier molecular flexibility index (Phi) is 3.53. The third-order valence-corrected chi connectivity index (χ3v) is 2.78. The van der Waals surface area contributed by atoms with Gasteiger partial charge in [-0.15, -0.1) is 5.10 Å². The van der Waals surface area contributed by atoms with Gasteiger partial charge in [-0.3, -0.25) is 0 Å². The number of rotatable bonds is 3. The van der Waals surface area contributed by atoms with Crippen LogP contribution >= 0.6 is 11.6 Å². The first-order chi connectivity index (χ1) is 8.90. The SMILES string of the molecule is CC(C)c1nc(C(=O)O)nn1-c1ccc(F)c(Cl)c1. The molecule has 7 heteroatoms. The molecule has 0 aliphatic rings. The average molecular weight is 284 g/mol. The number of halogens is 2. The van der Waals surface area contributed by atoms with Crippen LogP contribution in [0.2, 0.25) is 5.02 Å². The summed E-state index contributed by atoms with van der Waals surface area (Å²) in [5, 5.41) is 12.8. The Morgan fingerprint density at radius 1 is 1.47 bits per heavy atom. The van der Waals surface area contributed by atoms with Crippen LogP contribution in [0.3, 0.4) is 0 Å². The number of benzene rings is 1. The lowest BCUT2D eigenvalue weighted by atomic mass is 10.2. The fourth-order valence-corrected chi connectivity index (χ4v) is 1.77. The van der Waals surface area contributed by atoms with Crippen LogP contribution in [-0.4, -0.2) is 25.8 Å². The zero-order chi connectivity index (χ0) is 14.2. The van der Waals surface area contributed by atoms with Gasteiger partial charge in [-0.2, -0.15) is 0 Å². The van der Waals surface area contributed by atoms with Crippen molar-refractivity contribution in [1.29, 1.82) is 0 Å². The first-order valence-electron chi connectivity index (χ1n) is 5.56. The fourth-order valence-electron chi connectivity index (χ4n) is 1.60. The highest BCUT2D eigenvalue weighted by atomic mass is 35.5. The predicted octanol–water partition coefficient (Wildman–Crippen LogP) is 2.88. The number of carbonyl (C=O) groups is 1. The number of aromatic carboxylic acids is 1. The maximum Gasteiger partial charge on any atom is 0.375 e. The highest BCUT2D eigenvalue weighted by Gasteiger charge is 2.19. The lowest BCUT2D eigenvalue weighted by Gasteiger charge is -2.08. The maximum atomic E-state index is 13.1. The summed E-state index contributed by atoms with van der Waals surface area (Å²) in [5.74, 6) is -1.63. The van der Waals surface area contributed by atoms with Crippen LogP contribution in [-0.2, 0) is 0 Å². The van der Waals surface area contributed by atoms with Gasteiger partial charge in [-0.25, -0.2) is 18.9 Å². The Morgan fingerprint density at radius 3 is 2.68 bits per heavy atom. The summed E-state index contributed by atoms with van der Waals surface area (Å²) < 4.78 is 14.5. The van der Waals surface area contributed by atoms with E-state index in [1.807, 2.05) is 13.8 Å². The largest absolute Gasteiger partial charge is 0.475 e. The van der Waals surface area contributed by atoms with E-state index in [1.54, 1.807) is 0 Å². The Hall–Kier alpha value is -1.95. The van der Waals surface area contributed by atoms with Crippen LogP contribution in [0, 0.1) is 5.82 Å². The predicted molar refractivity (Wildman–Crippen MR) is 67.4 cm³/mol. The number of carboxylic acids is 1. The van der Waals surface area contributed by atoms with Gasteiger partial charge in [0.2, 0.25) is 0 Å². The summed E-state index contributed by atoms with van der Waals surface area (Å²) in [6.45, 7) is 3.72. The monoisotopic (exact) mass is 283 g/mol. The molecule has 2 rings (SSSR count). The van der Waals surface area contributed by atoms with Gasteiger partial charge in [0.05, 0.1) is 10.7 Å². The second kappa shape index (κ2) is 4.97. The molecule has 1 aromatic carbocycles. The molecule has 100 valence electrons. The van der Waals surface area contributed by atoms with Crippen LogP contribution in [0.5, 0.6) is 0 Å². The van der Waals surface area contributed by atoms with E-state index in [9.17, 15) is 9.18 Å². The van der Waals surface area contributed by atoms with Gasteiger partial charge >= 0.3 is 5.97 Å². The number of aromatic nitrogens is 3. The smallest absolute Gasteiger partial charge is 0.375 e. The first kappa shape index (κ1) is 13.5. The molecular formula is C12H11ClFN3O2. The number of hydrogen-bond donors (Lipinski definition) is 1. The van der Waals surface area contributed by atoms with Gasteiger partial charge in [0.1, 0.15) is 11.6 Å². The summed E-state index contributed by atoms with van der Waals surface area (Å²) in [6.07, 6.45) is 0. The van der Waals surface area contributed by atoms with E-state index in [0.29, 0.717) is 11.5 Å². The maximum absolute atomic E-state index is 13.1. The molecule has 0 radical (unpaired) electrons. The van der Waals surface area contributed by atoms with E-state index in [0.717, 1.165) is 0 Å². The number of carboxylic acid groups (broad SMARTS) is 1. The van der Waals surface area contributed by atoms with Crippen LogP contribution < -0.4 is 0 Å². The number of nitrogens with zero attached hydrogens (tertiary/aromatic N) is 3. The van der Waals surface area contributed by atoms with E-state index in [-0.39, 0.29) is 16.8 Å². The van der Waals surface area contributed by atoms with Gasteiger partial charge in [-0.05, 0) is 18.2 Å². The molecule has 2 aromatic rings. The summed E-state index contributed by atoms with van der Waals surface area (Å²) in [6, 6.07) is 4.04. The molecule has 1 heterocycles. The Morgan fingerprint density at radius 2 is 2.16 bits per heavy atom. The molecule has 0 unspecified atom stereocenters. The van der Waals surface area contributed by atoms with Crippen molar-refractivity contribution in [3.8, 4) is 5.69 Å². The third kappa shape index (κ3) is 2.58. The Bertz CT molecular complexity index is 640.